The molecule has 0 spiro atoms. The van der Waals surface area contributed by atoms with Crippen molar-refractivity contribution in [3.63, 3.8) is 0 Å². The van der Waals surface area contributed by atoms with E-state index in [1.807, 2.05) is 0 Å². The van der Waals surface area contributed by atoms with Crippen LogP contribution >= 0.6 is 0 Å². The molecule has 2 aromatic carbocycles. The van der Waals surface area contributed by atoms with Crippen molar-refractivity contribution in [1.82, 2.24) is 4.90 Å². The van der Waals surface area contributed by atoms with Crippen LogP contribution in [0.1, 0.15) is 17.3 Å². The number of anilines is 1. The molecule has 2 aromatic rings. The second kappa shape index (κ2) is 9.50. The fourth-order valence-corrected chi connectivity index (χ4v) is 2.17. The molecule has 28 heavy (non-hydrogen) atoms. The highest BCUT2D eigenvalue weighted by Crippen LogP contribution is 2.14. The van der Waals surface area contributed by atoms with Crippen molar-refractivity contribution in [3.8, 4) is 5.75 Å². The highest BCUT2D eigenvalue weighted by atomic mass is 19.1. The maximum absolute atomic E-state index is 12.9. The molecule has 0 unspecified atom stereocenters. The zero-order valence-corrected chi connectivity index (χ0v) is 15.8. The third-order valence-electron chi connectivity index (χ3n) is 3.63. The molecule has 0 aliphatic heterocycles. The number of hydrogen-bond donors (Lipinski definition) is 1. The summed E-state index contributed by atoms with van der Waals surface area (Å²) in [5, 5.41) is 2.56. The zero-order valence-electron chi connectivity index (χ0n) is 15.8. The van der Waals surface area contributed by atoms with Gasteiger partial charge in [0, 0.05) is 25.3 Å². The largest absolute Gasteiger partial charge is 0.479 e. The number of ether oxygens (including phenoxy) is 2. The standard InChI is InChI=1S/C20H21FN2O5/c1-13(28-17-10-6-15(21)7-11-17)20(26)27-12-18(24)22-16-8-4-14(5-9-16)19(25)23(2)3/h4-11,13H,12H2,1-3H3,(H,22,24)/t13-/m1/s1. The van der Waals surface area contributed by atoms with E-state index in [2.05, 4.69) is 5.32 Å². The third kappa shape index (κ3) is 6.08. The number of benzene rings is 2. The Morgan fingerprint density at radius 2 is 1.64 bits per heavy atom. The molecule has 148 valence electrons. The van der Waals surface area contributed by atoms with Crippen LogP contribution in [0, 0.1) is 5.82 Å². The topological polar surface area (TPSA) is 84.9 Å². The van der Waals surface area contributed by atoms with Gasteiger partial charge in [-0.3, -0.25) is 9.59 Å². The smallest absolute Gasteiger partial charge is 0.347 e. The average molecular weight is 388 g/mol. The molecule has 1 atom stereocenters. The SMILES string of the molecule is C[C@@H](Oc1ccc(F)cc1)C(=O)OCC(=O)Nc1ccc(C(=O)N(C)C)cc1. The minimum Gasteiger partial charge on any atom is -0.479 e. The summed E-state index contributed by atoms with van der Waals surface area (Å²) in [6.07, 6.45) is -0.963. The van der Waals surface area contributed by atoms with Crippen LogP contribution < -0.4 is 10.1 Å². The first kappa shape index (κ1) is 20.9. The molecule has 0 saturated heterocycles. The lowest BCUT2D eigenvalue weighted by atomic mass is 10.2. The number of carbonyl (C=O) groups is 3. The van der Waals surface area contributed by atoms with Gasteiger partial charge in [-0.1, -0.05) is 0 Å². The lowest BCUT2D eigenvalue weighted by Gasteiger charge is -2.14. The highest BCUT2D eigenvalue weighted by molar-refractivity contribution is 5.96. The number of halogens is 1. The molecule has 0 aliphatic rings. The van der Waals surface area contributed by atoms with Crippen LogP contribution in [0.2, 0.25) is 0 Å². The Labute approximate surface area is 162 Å². The fraction of sp³-hybridized carbons (Fsp3) is 0.250. The van der Waals surface area contributed by atoms with Gasteiger partial charge < -0.3 is 19.7 Å². The number of hydrogen-bond acceptors (Lipinski definition) is 5. The van der Waals surface area contributed by atoms with Crippen molar-refractivity contribution in [2.75, 3.05) is 26.0 Å². The van der Waals surface area contributed by atoms with Crippen molar-refractivity contribution < 1.29 is 28.2 Å². The highest BCUT2D eigenvalue weighted by Gasteiger charge is 2.18. The summed E-state index contributed by atoms with van der Waals surface area (Å²) in [5.41, 5.74) is 0.952. The summed E-state index contributed by atoms with van der Waals surface area (Å²) in [6, 6.07) is 11.5. The second-order valence-corrected chi connectivity index (χ2v) is 6.15. The number of esters is 1. The van der Waals surface area contributed by atoms with Gasteiger partial charge in [-0.05, 0) is 55.5 Å². The van der Waals surface area contributed by atoms with E-state index in [1.165, 1.54) is 36.1 Å². The van der Waals surface area contributed by atoms with Gasteiger partial charge in [-0.2, -0.15) is 0 Å². The Hall–Kier alpha value is -3.42. The normalized spacial score (nSPS) is 11.3. The van der Waals surface area contributed by atoms with Crippen molar-refractivity contribution in [3.05, 3.63) is 59.9 Å². The first-order valence-electron chi connectivity index (χ1n) is 8.46. The van der Waals surface area contributed by atoms with Gasteiger partial charge in [0.15, 0.2) is 12.7 Å². The minimum atomic E-state index is -0.963. The van der Waals surface area contributed by atoms with Gasteiger partial charge >= 0.3 is 5.97 Å². The summed E-state index contributed by atoms with van der Waals surface area (Å²) in [7, 11) is 3.29. The van der Waals surface area contributed by atoms with E-state index in [4.69, 9.17) is 9.47 Å². The molecule has 0 saturated carbocycles. The molecule has 0 bridgehead atoms. The number of nitrogens with zero attached hydrogens (tertiary/aromatic N) is 1. The minimum absolute atomic E-state index is 0.151. The Balaban J connectivity index is 1.80. The van der Waals surface area contributed by atoms with E-state index in [9.17, 15) is 18.8 Å². The van der Waals surface area contributed by atoms with Crippen LogP contribution in [-0.4, -0.2) is 49.5 Å². The van der Waals surface area contributed by atoms with Crippen molar-refractivity contribution >= 4 is 23.5 Å². The molecular formula is C20H21FN2O5. The van der Waals surface area contributed by atoms with E-state index in [0.717, 1.165) is 0 Å². The molecule has 0 aliphatic carbocycles. The van der Waals surface area contributed by atoms with Crippen LogP contribution in [0.25, 0.3) is 0 Å². The molecule has 0 fully saturated rings. The third-order valence-corrected chi connectivity index (χ3v) is 3.63. The lowest BCUT2D eigenvalue weighted by molar-refractivity contribution is -0.153. The summed E-state index contributed by atoms with van der Waals surface area (Å²) in [6.45, 7) is 0.971. The molecule has 1 N–H and O–H groups in total. The van der Waals surface area contributed by atoms with Crippen molar-refractivity contribution in [2.24, 2.45) is 0 Å². The van der Waals surface area contributed by atoms with E-state index in [-0.39, 0.29) is 5.91 Å². The molecule has 0 heterocycles. The Morgan fingerprint density at radius 1 is 1.04 bits per heavy atom. The maximum Gasteiger partial charge on any atom is 0.347 e. The lowest BCUT2D eigenvalue weighted by Crippen LogP contribution is -2.29. The number of nitrogens with one attached hydrogen (secondary N) is 1. The summed E-state index contributed by atoms with van der Waals surface area (Å²) < 4.78 is 23.1. The quantitative estimate of drug-likeness (QED) is 0.737. The molecule has 0 radical (unpaired) electrons. The van der Waals surface area contributed by atoms with E-state index < -0.39 is 30.4 Å². The van der Waals surface area contributed by atoms with Crippen molar-refractivity contribution in [2.45, 2.75) is 13.0 Å². The molecule has 0 aromatic heterocycles. The van der Waals surface area contributed by atoms with Gasteiger partial charge in [-0.15, -0.1) is 0 Å². The van der Waals surface area contributed by atoms with Crippen LogP contribution in [0.4, 0.5) is 10.1 Å². The zero-order chi connectivity index (χ0) is 20.7. The van der Waals surface area contributed by atoms with Crippen LogP contribution in [0.5, 0.6) is 5.75 Å². The molecular weight excluding hydrogens is 367 g/mol. The van der Waals surface area contributed by atoms with Gasteiger partial charge in [0.25, 0.3) is 11.8 Å². The average Bonchev–Trinajstić information content (AvgIpc) is 2.67. The number of rotatable bonds is 7. The van der Waals surface area contributed by atoms with E-state index in [0.29, 0.717) is 17.0 Å². The Bertz CT molecular complexity index is 835. The summed E-state index contributed by atoms with van der Waals surface area (Å²) in [5.74, 6) is -1.52. The molecule has 2 amide bonds. The summed E-state index contributed by atoms with van der Waals surface area (Å²) >= 11 is 0. The van der Waals surface area contributed by atoms with E-state index >= 15 is 0 Å². The second-order valence-electron chi connectivity index (χ2n) is 6.15. The maximum atomic E-state index is 12.9. The van der Waals surface area contributed by atoms with Gasteiger partial charge in [0.05, 0.1) is 0 Å². The van der Waals surface area contributed by atoms with Gasteiger partial charge in [0.1, 0.15) is 11.6 Å². The first-order chi connectivity index (χ1) is 13.3. The first-order valence-corrected chi connectivity index (χ1v) is 8.46. The van der Waals surface area contributed by atoms with Crippen LogP contribution in [-0.2, 0) is 14.3 Å². The van der Waals surface area contributed by atoms with E-state index in [1.54, 1.807) is 38.4 Å². The predicted octanol–water partition coefficient (Wildman–Crippen LogP) is 2.48. The predicted molar refractivity (Wildman–Crippen MR) is 101 cm³/mol. The number of carbonyl (C=O) groups excluding carboxylic acids is 3. The molecule has 2 rings (SSSR count). The monoisotopic (exact) mass is 388 g/mol. The summed E-state index contributed by atoms with van der Waals surface area (Å²) in [4.78, 5) is 37.1. The van der Waals surface area contributed by atoms with Gasteiger partial charge in [0.2, 0.25) is 0 Å². The van der Waals surface area contributed by atoms with Crippen LogP contribution in [0.3, 0.4) is 0 Å². The van der Waals surface area contributed by atoms with Gasteiger partial charge in [-0.25, -0.2) is 9.18 Å². The molecule has 7 nitrogen and oxygen atoms in total. The Morgan fingerprint density at radius 3 is 2.21 bits per heavy atom. The van der Waals surface area contributed by atoms with Crippen LogP contribution in [0.15, 0.2) is 48.5 Å². The van der Waals surface area contributed by atoms with Crippen molar-refractivity contribution in [1.29, 1.82) is 0 Å². The Kier molecular flexibility index (Phi) is 7.08. The molecule has 8 heteroatoms. The number of amides is 2. The fourth-order valence-electron chi connectivity index (χ4n) is 2.17.